The third-order valence-corrected chi connectivity index (χ3v) is 5.40. The first-order valence-corrected chi connectivity index (χ1v) is 9.31. The molecule has 0 saturated carbocycles. The van der Waals surface area contributed by atoms with Crippen LogP contribution >= 0.6 is 0 Å². The van der Waals surface area contributed by atoms with Crippen molar-refractivity contribution in [1.82, 2.24) is 4.57 Å². The summed E-state index contributed by atoms with van der Waals surface area (Å²) in [5.41, 5.74) is 0.890. The number of methoxy groups -OCH3 is 2. The second-order valence-electron chi connectivity index (χ2n) is 5.43. The van der Waals surface area contributed by atoms with E-state index in [0.29, 0.717) is 22.9 Å². The van der Waals surface area contributed by atoms with Crippen LogP contribution in [0.2, 0.25) is 0 Å². The van der Waals surface area contributed by atoms with Crippen LogP contribution in [0.1, 0.15) is 23.1 Å². The number of anilines is 1. The molecule has 0 aliphatic carbocycles. The van der Waals surface area contributed by atoms with Crippen LogP contribution in [0.5, 0.6) is 11.5 Å². The largest absolute Gasteiger partial charge is 0.493 e. The van der Waals surface area contributed by atoms with Crippen LogP contribution in [-0.4, -0.2) is 39.8 Å². The lowest BCUT2D eigenvalue weighted by atomic mass is 10.3. The predicted octanol–water partition coefficient (Wildman–Crippen LogP) is 2.33. The van der Waals surface area contributed by atoms with Crippen LogP contribution in [0.3, 0.4) is 0 Å². The molecule has 0 unspecified atom stereocenters. The minimum atomic E-state index is -3.91. The fraction of sp³-hybridized carbons (Fsp3) is 0.353. The summed E-state index contributed by atoms with van der Waals surface area (Å²) in [6.07, 6.45) is 0. The van der Waals surface area contributed by atoms with Crippen molar-refractivity contribution in [3.8, 4) is 11.5 Å². The molecule has 9 heteroatoms. The summed E-state index contributed by atoms with van der Waals surface area (Å²) < 4.78 is 44.8. The fourth-order valence-corrected chi connectivity index (χ4v) is 3.79. The van der Waals surface area contributed by atoms with Crippen molar-refractivity contribution in [2.45, 2.75) is 18.7 Å². The molecule has 0 spiro atoms. The van der Waals surface area contributed by atoms with Crippen molar-refractivity contribution in [3.05, 3.63) is 35.7 Å². The summed E-state index contributed by atoms with van der Waals surface area (Å²) in [7, 11) is 0.648. The van der Waals surface area contributed by atoms with Crippen molar-refractivity contribution in [3.63, 3.8) is 0 Å². The maximum Gasteiger partial charge on any atom is 0.354 e. The van der Waals surface area contributed by atoms with E-state index >= 15 is 0 Å². The van der Waals surface area contributed by atoms with Gasteiger partial charge in [0.25, 0.3) is 10.0 Å². The Labute approximate surface area is 152 Å². The normalized spacial score (nSPS) is 11.1. The average Bonchev–Trinajstić information content (AvgIpc) is 2.91. The molecule has 0 radical (unpaired) electrons. The van der Waals surface area contributed by atoms with Crippen LogP contribution in [0.25, 0.3) is 0 Å². The van der Waals surface area contributed by atoms with E-state index < -0.39 is 16.0 Å². The molecule has 0 aliphatic rings. The number of esters is 1. The monoisotopic (exact) mass is 382 g/mol. The van der Waals surface area contributed by atoms with Gasteiger partial charge in [-0.15, -0.1) is 0 Å². The van der Waals surface area contributed by atoms with Crippen LogP contribution in [0.15, 0.2) is 29.2 Å². The Morgan fingerprint density at radius 2 is 1.81 bits per heavy atom. The number of aromatic nitrogens is 1. The maximum absolute atomic E-state index is 12.8. The Morgan fingerprint density at radius 3 is 2.38 bits per heavy atom. The minimum absolute atomic E-state index is 0.00200. The summed E-state index contributed by atoms with van der Waals surface area (Å²) in [4.78, 5) is 12.0. The highest BCUT2D eigenvalue weighted by atomic mass is 32.2. The zero-order valence-corrected chi connectivity index (χ0v) is 16.1. The van der Waals surface area contributed by atoms with Crippen molar-refractivity contribution >= 4 is 21.7 Å². The lowest BCUT2D eigenvalue weighted by molar-refractivity contribution is 0.0515. The second-order valence-corrected chi connectivity index (χ2v) is 7.08. The van der Waals surface area contributed by atoms with Crippen LogP contribution in [0.4, 0.5) is 5.69 Å². The number of hydrogen-bond donors (Lipinski definition) is 1. The van der Waals surface area contributed by atoms with Gasteiger partial charge in [-0.25, -0.2) is 13.2 Å². The predicted molar refractivity (Wildman–Crippen MR) is 96.5 cm³/mol. The van der Waals surface area contributed by atoms with Crippen molar-refractivity contribution in [2.75, 3.05) is 25.5 Å². The molecule has 0 amide bonds. The maximum atomic E-state index is 12.8. The van der Waals surface area contributed by atoms with E-state index in [1.54, 1.807) is 33.0 Å². The number of ether oxygens (including phenoxy) is 3. The Bertz CT molecular complexity index is 918. The number of hydrogen-bond acceptors (Lipinski definition) is 6. The van der Waals surface area contributed by atoms with Gasteiger partial charge >= 0.3 is 5.97 Å². The van der Waals surface area contributed by atoms with E-state index in [9.17, 15) is 13.2 Å². The molecule has 2 aromatic rings. The van der Waals surface area contributed by atoms with E-state index in [4.69, 9.17) is 14.2 Å². The molecule has 142 valence electrons. The van der Waals surface area contributed by atoms with E-state index in [1.165, 1.54) is 30.9 Å². The molecule has 0 saturated heterocycles. The number of benzene rings is 1. The van der Waals surface area contributed by atoms with E-state index in [-0.39, 0.29) is 17.2 Å². The SMILES string of the molecule is CCOC(=O)c1cc(S(=O)(=O)Nc2ccc(OC)c(OC)c2)c(C)n1C. The molecule has 1 N–H and O–H groups in total. The number of rotatable bonds is 7. The number of carbonyl (C=O) groups excluding carboxylic acids is 1. The van der Waals surface area contributed by atoms with E-state index in [1.807, 2.05) is 0 Å². The van der Waals surface area contributed by atoms with Gasteiger partial charge in [-0.1, -0.05) is 0 Å². The van der Waals surface area contributed by atoms with Gasteiger partial charge in [0.1, 0.15) is 10.6 Å². The fourth-order valence-electron chi connectivity index (χ4n) is 2.45. The molecule has 1 heterocycles. The molecule has 0 aliphatic heterocycles. The Hall–Kier alpha value is -2.68. The molecule has 1 aromatic carbocycles. The standard InChI is InChI=1S/C17H22N2O6S/c1-6-25-17(20)13-10-16(11(2)19(13)3)26(21,22)18-12-7-8-14(23-4)15(9-12)24-5/h7-10,18H,6H2,1-5H3. The Morgan fingerprint density at radius 1 is 1.15 bits per heavy atom. The molecular weight excluding hydrogens is 360 g/mol. The number of nitrogens with zero attached hydrogens (tertiary/aromatic N) is 1. The first-order chi connectivity index (χ1) is 12.2. The molecule has 1 aromatic heterocycles. The third kappa shape index (κ3) is 3.77. The molecule has 0 bridgehead atoms. The first kappa shape index (κ1) is 19.6. The minimum Gasteiger partial charge on any atom is -0.493 e. The lowest BCUT2D eigenvalue weighted by Crippen LogP contribution is -2.14. The highest BCUT2D eigenvalue weighted by Gasteiger charge is 2.25. The molecule has 0 fully saturated rings. The number of carbonyl (C=O) groups is 1. The zero-order valence-electron chi connectivity index (χ0n) is 15.3. The summed E-state index contributed by atoms with van der Waals surface area (Å²) in [5, 5.41) is 0. The summed E-state index contributed by atoms with van der Waals surface area (Å²) in [6.45, 7) is 3.50. The van der Waals surface area contributed by atoms with Gasteiger partial charge in [-0.3, -0.25) is 4.72 Å². The topological polar surface area (TPSA) is 95.9 Å². The molecule has 0 atom stereocenters. The third-order valence-electron chi connectivity index (χ3n) is 3.90. The van der Waals surface area contributed by atoms with E-state index in [0.717, 1.165) is 0 Å². The Kier molecular flexibility index (Phi) is 5.81. The van der Waals surface area contributed by atoms with Gasteiger partial charge in [-0.2, -0.15) is 0 Å². The van der Waals surface area contributed by atoms with E-state index in [2.05, 4.69) is 4.72 Å². The summed E-state index contributed by atoms with van der Waals surface area (Å²) in [6, 6.07) is 5.97. The van der Waals surface area contributed by atoms with Crippen molar-refractivity contribution < 1.29 is 27.4 Å². The second kappa shape index (κ2) is 7.69. The quantitative estimate of drug-likeness (QED) is 0.739. The van der Waals surface area contributed by atoms with Crippen LogP contribution < -0.4 is 14.2 Å². The van der Waals surface area contributed by atoms with Crippen LogP contribution in [0, 0.1) is 6.92 Å². The molecule has 26 heavy (non-hydrogen) atoms. The number of nitrogens with one attached hydrogen (secondary N) is 1. The first-order valence-electron chi connectivity index (χ1n) is 7.83. The van der Waals surface area contributed by atoms with Crippen LogP contribution in [-0.2, 0) is 21.8 Å². The van der Waals surface area contributed by atoms with Gasteiger partial charge in [0, 0.05) is 18.8 Å². The van der Waals surface area contributed by atoms with Gasteiger partial charge in [0.2, 0.25) is 0 Å². The average molecular weight is 382 g/mol. The highest BCUT2D eigenvalue weighted by Crippen LogP contribution is 2.31. The van der Waals surface area contributed by atoms with Crippen molar-refractivity contribution in [2.24, 2.45) is 7.05 Å². The summed E-state index contributed by atoms with van der Waals surface area (Å²) in [5.74, 6) is 0.297. The number of sulfonamides is 1. The van der Waals surface area contributed by atoms with Crippen molar-refractivity contribution in [1.29, 1.82) is 0 Å². The van der Waals surface area contributed by atoms with Gasteiger partial charge < -0.3 is 18.8 Å². The Balaban J connectivity index is 2.39. The molecular formula is C17H22N2O6S. The zero-order chi connectivity index (χ0) is 19.5. The smallest absolute Gasteiger partial charge is 0.354 e. The van der Waals surface area contributed by atoms with Gasteiger partial charge in [0.05, 0.1) is 26.5 Å². The lowest BCUT2D eigenvalue weighted by Gasteiger charge is -2.12. The van der Waals surface area contributed by atoms with Gasteiger partial charge in [-0.05, 0) is 32.0 Å². The molecule has 2 rings (SSSR count). The van der Waals surface area contributed by atoms with Gasteiger partial charge in [0.15, 0.2) is 11.5 Å². The summed E-state index contributed by atoms with van der Waals surface area (Å²) >= 11 is 0. The highest BCUT2D eigenvalue weighted by molar-refractivity contribution is 7.92. The molecule has 8 nitrogen and oxygen atoms in total.